The molecule has 0 spiro atoms. The zero-order valence-electron chi connectivity index (χ0n) is 15.4. The van der Waals surface area contributed by atoms with Gasteiger partial charge in [0, 0.05) is 7.05 Å². The molecule has 0 atom stereocenters. The number of rotatable bonds is 6. The Labute approximate surface area is 177 Å². The maximum absolute atomic E-state index is 12.4. The van der Waals surface area contributed by atoms with Crippen LogP contribution in [0.25, 0.3) is 10.8 Å². The fraction of sp³-hybridized carbons (Fsp3) is 0.158. The van der Waals surface area contributed by atoms with Crippen LogP contribution in [0.5, 0.6) is 0 Å². The summed E-state index contributed by atoms with van der Waals surface area (Å²) in [5.74, 6) is -1.07. The Morgan fingerprint density at radius 1 is 1.00 bits per heavy atom. The Morgan fingerprint density at radius 2 is 1.69 bits per heavy atom. The smallest absolute Gasteiger partial charge is 0.253 e. The third kappa shape index (κ3) is 5.13. The van der Waals surface area contributed by atoms with Gasteiger partial charge in [-0.1, -0.05) is 54.1 Å². The van der Waals surface area contributed by atoms with Crippen molar-refractivity contribution < 1.29 is 18.0 Å². The lowest BCUT2D eigenvalue weighted by Crippen LogP contribution is -2.47. The number of benzene rings is 2. The van der Waals surface area contributed by atoms with Crippen molar-refractivity contribution in [2.24, 2.45) is 0 Å². The molecule has 152 valence electrons. The van der Waals surface area contributed by atoms with Crippen LogP contribution in [0.1, 0.15) is 5.56 Å². The number of thiophene rings is 1. The first-order valence-corrected chi connectivity index (χ1v) is 11.2. The Balaban J connectivity index is 1.55. The van der Waals surface area contributed by atoms with Gasteiger partial charge in [0.2, 0.25) is 5.91 Å². The van der Waals surface area contributed by atoms with Crippen molar-refractivity contribution in [3.05, 3.63) is 64.5 Å². The first kappa shape index (κ1) is 21.3. The molecule has 0 aliphatic rings. The van der Waals surface area contributed by atoms with Crippen molar-refractivity contribution in [2.75, 3.05) is 13.6 Å². The highest BCUT2D eigenvalue weighted by Crippen LogP contribution is 2.27. The molecule has 0 saturated heterocycles. The molecule has 2 amide bonds. The van der Waals surface area contributed by atoms with Crippen LogP contribution in [0.2, 0.25) is 4.34 Å². The summed E-state index contributed by atoms with van der Waals surface area (Å²) in [6, 6.07) is 16.2. The third-order valence-electron chi connectivity index (χ3n) is 4.15. The van der Waals surface area contributed by atoms with Gasteiger partial charge in [-0.15, -0.1) is 11.3 Å². The summed E-state index contributed by atoms with van der Waals surface area (Å²) in [5, 5.41) is 1.97. The molecule has 0 aliphatic heterocycles. The number of hydrogen-bond donors (Lipinski definition) is 2. The number of nitrogens with zero attached hydrogens (tertiary/aromatic N) is 1. The van der Waals surface area contributed by atoms with E-state index in [9.17, 15) is 18.0 Å². The molecule has 29 heavy (non-hydrogen) atoms. The average molecular weight is 452 g/mol. The van der Waals surface area contributed by atoms with Crippen LogP contribution >= 0.6 is 22.9 Å². The summed E-state index contributed by atoms with van der Waals surface area (Å²) in [4.78, 5) is 24.2. The quantitative estimate of drug-likeness (QED) is 0.563. The SMILES string of the molecule is CN(CC(=O)NNC(=O)Cc1cccc2ccccc12)S(=O)(=O)c1ccc(Cl)s1. The molecule has 0 fully saturated rings. The highest BCUT2D eigenvalue weighted by atomic mass is 35.5. The van der Waals surface area contributed by atoms with Crippen molar-refractivity contribution in [1.29, 1.82) is 0 Å². The largest absolute Gasteiger partial charge is 0.273 e. The van der Waals surface area contributed by atoms with Gasteiger partial charge in [-0.2, -0.15) is 4.31 Å². The number of nitrogens with one attached hydrogen (secondary N) is 2. The Kier molecular flexibility index (Phi) is 6.53. The highest BCUT2D eigenvalue weighted by Gasteiger charge is 2.24. The normalized spacial score (nSPS) is 11.6. The first-order chi connectivity index (χ1) is 13.8. The summed E-state index contributed by atoms with van der Waals surface area (Å²) < 4.78 is 26.1. The first-order valence-electron chi connectivity index (χ1n) is 8.53. The fourth-order valence-electron chi connectivity index (χ4n) is 2.72. The number of carbonyl (C=O) groups is 2. The van der Waals surface area contributed by atoms with E-state index in [-0.39, 0.29) is 10.6 Å². The van der Waals surface area contributed by atoms with Gasteiger partial charge in [0.1, 0.15) is 4.21 Å². The molecule has 2 aromatic carbocycles. The van der Waals surface area contributed by atoms with Crippen molar-refractivity contribution >= 4 is 55.5 Å². The van der Waals surface area contributed by atoms with Gasteiger partial charge < -0.3 is 0 Å². The monoisotopic (exact) mass is 451 g/mol. The lowest BCUT2D eigenvalue weighted by Gasteiger charge is -2.16. The van der Waals surface area contributed by atoms with E-state index in [0.29, 0.717) is 4.34 Å². The van der Waals surface area contributed by atoms with Gasteiger partial charge in [0.15, 0.2) is 0 Å². The van der Waals surface area contributed by atoms with Crippen LogP contribution in [-0.4, -0.2) is 38.1 Å². The highest BCUT2D eigenvalue weighted by molar-refractivity contribution is 7.91. The van der Waals surface area contributed by atoms with E-state index in [4.69, 9.17) is 11.6 Å². The molecule has 0 radical (unpaired) electrons. The topological polar surface area (TPSA) is 95.6 Å². The zero-order chi connectivity index (χ0) is 21.0. The Morgan fingerprint density at radius 3 is 2.41 bits per heavy atom. The average Bonchev–Trinajstić information content (AvgIpc) is 3.14. The molecule has 10 heteroatoms. The lowest BCUT2D eigenvalue weighted by molar-refractivity contribution is -0.128. The van der Waals surface area contributed by atoms with E-state index in [1.165, 1.54) is 19.2 Å². The molecule has 0 bridgehead atoms. The number of hydrazine groups is 1. The molecular weight excluding hydrogens is 434 g/mol. The minimum absolute atomic E-state index is 0.0396. The standard InChI is InChI=1S/C19H18ClN3O4S2/c1-23(29(26,27)19-10-9-16(20)28-19)12-18(25)22-21-17(24)11-14-7-4-6-13-5-2-3-8-15(13)14/h2-10H,11-12H2,1H3,(H,21,24)(H,22,25). The maximum atomic E-state index is 12.4. The predicted octanol–water partition coefficient (Wildman–Crippen LogP) is 2.57. The molecule has 2 N–H and O–H groups in total. The molecule has 3 rings (SSSR count). The molecular formula is C19H18ClN3O4S2. The van der Waals surface area contributed by atoms with E-state index < -0.39 is 28.4 Å². The van der Waals surface area contributed by atoms with E-state index in [1.54, 1.807) is 0 Å². The number of amides is 2. The Bertz CT molecular complexity index is 1160. The van der Waals surface area contributed by atoms with E-state index in [2.05, 4.69) is 10.9 Å². The molecule has 0 saturated carbocycles. The van der Waals surface area contributed by atoms with Crippen molar-refractivity contribution in [3.63, 3.8) is 0 Å². The van der Waals surface area contributed by atoms with E-state index in [1.807, 2.05) is 42.5 Å². The summed E-state index contributed by atoms with van der Waals surface area (Å²) in [5.41, 5.74) is 5.38. The maximum Gasteiger partial charge on any atom is 0.253 e. The number of hydrogen-bond acceptors (Lipinski definition) is 5. The number of carbonyl (C=O) groups excluding carboxylic acids is 2. The fourth-order valence-corrected chi connectivity index (χ4v) is 5.54. The summed E-state index contributed by atoms with van der Waals surface area (Å²) in [6.07, 6.45) is 0.0729. The molecule has 1 aromatic heterocycles. The molecule has 0 aliphatic carbocycles. The minimum atomic E-state index is -3.83. The van der Waals surface area contributed by atoms with Crippen LogP contribution in [0.4, 0.5) is 0 Å². The Hall–Kier alpha value is -2.46. The van der Waals surface area contributed by atoms with E-state index >= 15 is 0 Å². The van der Waals surface area contributed by atoms with Crippen molar-refractivity contribution in [2.45, 2.75) is 10.6 Å². The van der Waals surface area contributed by atoms with Gasteiger partial charge in [0.25, 0.3) is 15.9 Å². The van der Waals surface area contributed by atoms with Gasteiger partial charge in [-0.3, -0.25) is 20.4 Å². The van der Waals surface area contributed by atoms with Crippen LogP contribution in [0.15, 0.2) is 58.8 Å². The van der Waals surface area contributed by atoms with Crippen molar-refractivity contribution in [3.8, 4) is 0 Å². The lowest BCUT2D eigenvalue weighted by atomic mass is 10.0. The van der Waals surface area contributed by atoms with E-state index in [0.717, 1.165) is 32.0 Å². The molecule has 3 aromatic rings. The second-order valence-corrected chi connectivity index (χ2v) is 10.2. The number of likely N-dealkylation sites (N-methyl/N-ethyl adjacent to an activating group) is 1. The van der Waals surface area contributed by atoms with Crippen LogP contribution in [0.3, 0.4) is 0 Å². The second kappa shape index (κ2) is 8.91. The van der Waals surface area contributed by atoms with Crippen molar-refractivity contribution in [1.82, 2.24) is 15.2 Å². The van der Waals surface area contributed by atoms with Crippen LogP contribution in [0, 0.1) is 0 Å². The number of sulfonamides is 1. The third-order valence-corrected chi connectivity index (χ3v) is 7.65. The summed E-state index contributed by atoms with van der Waals surface area (Å²) in [6.45, 7) is -0.452. The summed E-state index contributed by atoms with van der Waals surface area (Å²) in [7, 11) is -2.55. The van der Waals surface area contributed by atoms with Crippen LogP contribution < -0.4 is 10.9 Å². The molecule has 1 heterocycles. The number of halogens is 1. The molecule has 7 nitrogen and oxygen atoms in total. The van der Waals surface area contributed by atoms with Gasteiger partial charge >= 0.3 is 0 Å². The van der Waals surface area contributed by atoms with Crippen LogP contribution in [-0.2, 0) is 26.0 Å². The van der Waals surface area contributed by atoms with Gasteiger partial charge in [-0.05, 0) is 28.5 Å². The second-order valence-electron chi connectivity index (χ2n) is 6.23. The van der Waals surface area contributed by atoms with Gasteiger partial charge in [0.05, 0.1) is 17.3 Å². The predicted molar refractivity (Wildman–Crippen MR) is 113 cm³/mol. The number of fused-ring (bicyclic) bond motifs is 1. The van der Waals surface area contributed by atoms with Gasteiger partial charge in [-0.25, -0.2) is 8.42 Å². The zero-order valence-corrected chi connectivity index (χ0v) is 17.8. The summed E-state index contributed by atoms with van der Waals surface area (Å²) >= 11 is 6.68. The minimum Gasteiger partial charge on any atom is -0.273 e. The molecule has 0 unspecified atom stereocenters.